The normalized spacial score (nSPS) is 28.3. The molecule has 0 amide bonds. The number of anilines is 1. The van der Waals surface area contributed by atoms with Crippen LogP contribution in [0.3, 0.4) is 0 Å². The lowest BCUT2D eigenvalue weighted by Gasteiger charge is -2.33. The smallest absolute Gasteiger partial charge is 0.353 e. The Labute approximate surface area is 131 Å². The molecule has 124 valence electrons. The predicted molar refractivity (Wildman–Crippen MR) is 78.0 cm³/mol. The van der Waals surface area contributed by atoms with E-state index in [1.807, 2.05) is 0 Å². The molecule has 1 saturated heterocycles. The van der Waals surface area contributed by atoms with Gasteiger partial charge in [-0.1, -0.05) is 19.8 Å². The topological polar surface area (TPSA) is 46.3 Å². The summed E-state index contributed by atoms with van der Waals surface area (Å²) in [4.78, 5) is 9.55. The SMILES string of the molecule is CC1CN(c2cc(C(F)(F)F)nc3ncnn23)C2CCCCC12. The fourth-order valence-electron chi connectivity index (χ4n) is 4.18. The van der Waals surface area contributed by atoms with E-state index in [2.05, 4.69) is 26.9 Å². The van der Waals surface area contributed by atoms with Gasteiger partial charge in [0.05, 0.1) is 0 Å². The first kappa shape index (κ1) is 14.7. The Bertz CT molecular complexity index is 725. The van der Waals surface area contributed by atoms with Gasteiger partial charge in [-0.15, -0.1) is 0 Å². The zero-order valence-electron chi connectivity index (χ0n) is 12.8. The van der Waals surface area contributed by atoms with Crippen molar-refractivity contribution in [2.24, 2.45) is 11.8 Å². The molecule has 1 saturated carbocycles. The zero-order chi connectivity index (χ0) is 16.2. The summed E-state index contributed by atoms with van der Waals surface area (Å²) in [5, 5.41) is 4.08. The van der Waals surface area contributed by atoms with Crippen molar-refractivity contribution in [2.75, 3.05) is 11.4 Å². The Morgan fingerprint density at radius 1 is 1.22 bits per heavy atom. The number of nitrogens with zero attached hydrogens (tertiary/aromatic N) is 5. The van der Waals surface area contributed by atoms with Crippen LogP contribution in [0.4, 0.5) is 19.0 Å². The van der Waals surface area contributed by atoms with E-state index in [0.29, 0.717) is 17.7 Å². The first-order chi connectivity index (χ1) is 10.9. The monoisotopic (exact) mass is 325 g/mol. The molecule has 0 aromatic carbocycles. The Morgan fingerprint density at radius 2 is 2.00 bits per heavy atom. The highest BCUT2D eigenvalue weighted by Crippen LogP contribution is 2.42. The lowest BCUT2D eigenvalue weighted by atomic mass is 9.80. The van der Waals surface area contributed by atoms with Gasteiger partial charge < -0.3 is 4.90 Å². The predicted octanol–water partition coefficient (Wildman–Crippen LogP) is 3.16. The Balaban J connectivity index is 1.83. The van der Waals surface area contributed by atoms with Crippen LogP contribution in [0.25, 0.3) is 5.78 Å². The Hall–Kier alpha value is -1.86. The van der Waals surface area contributed by atoms with Gasteiger partial charge in [-0.3, -0.25) is 0 Å². The second-order valence-electron chi connectivity index (χ2n) is 6.61. The van der Waals surface area contributed by atoms with Crippen molar-refractivity contribution >= 4 is 11.6 Å². The molecule has 2 aromatic rings. The van der Waals surface area contributed by atoms with E-state index in [1.165, 1.54) is 17.3 Å². The molecule has 0 N–H and O–H groups in total. The molecule has 23 heavy (non-hydrogen) atoms. The third-order valence-corrected chi connectivity index (χ3v) is 5.22. The molecule has 2 aliphatic rings. The van der Waals surface area contributed by atoms with Gasteiger partial charge in [0, 0.05) is 18.7 Å². The summed E-state index contributed by atoms with van der Waals surface area (Å²) in [5.41, 5.74) is -0.903. The molecule has 1 aliphatic carbocycles. The number of halogens is 3. The van der Waals surface area contributed by atoms with Crippen LogP contribution in [0.1, 0.15) is 38.3 Å². The van der Waals surface area contributed by atoms with Crippen molar-refractivity contribution in [3.8, 4) is 0 Å². The molecule has 4 rings (SSSR count). The van der Waals surface area contributed by atoms with Crippen LogP contribution in [0.15, 0.2) is 12.4 Å². The summed E-state index contributed by atoms with van der Waals surface area (Å²) in [6.45, 7) is 2.94. The maximum atomic E-state index is 13.2. The van der Waals surface area contributed by atoms with Crippen LogP contribution in [0.5, 0.6) is 0 Å². The molecule has 5 nitrogen and oxygen atoms in total. The van der Waals surface area contributed by atoms with Crippen molar-refractivity contribution in [1.82, 2.24) is 19.6 Å². The van der Waals surface area contributed by atoms with Crippen LogP contribution in [0.2, 0.25) is 0 Å². The number of fused-ring (bicyclic) bond motifs is 2. The van der Waals surface area contributed by atoms with E-state index in [4.69, 9.17) is 0 Å². The summed E-state index contributed by atoms with van der Waals surface area (Å²) in [6, 6.07) is 1.40. The highest BCUT2D eigenvalue weighted by Gasteiger charge is 2.42. The first-order valence-electron chi connectivity index (χ1n) is 8.00. The molecule has 0 radical (unpaired) electrons. The summed E-state index contributed by atoms with van der Waals surface area (Å²) in [6.07, 6.45) is 1.28. The minimum atomic E-state index is -4.49. The maximum Gasteiger partial charge on any atom is 0.433 e. The molecule has 0 bridgehead atoms. The minimum absolute atomic E-state index is 0.00161. The third kappa shape index (κ3) is 2.35. The number of hydrogen-bond donors (Lipinski definition) is 0. The van der Waals surface area contributed by atoms with Crippen molar-refractivity contribution in [3.63, 3.8) is 0 Å². The highest BCUT2D eigenvalue weighted by atomic mass is 19.4. The maximum absolute atomic E-state index is 13.2. The zero-order valence-corrected chi connectivity index (χ0v) is 12.8. The molecule has 2 aromatic heterocycles. The lowest BCUT2D eigenvalue weighted by molar-refractivity contribution is -0.141. The Morgan fingerprint density at radius 3 is 2.78 bits per heavy atom. The summed E-state index contributed by atoms with van der Waals surface area (Å²) < 4.78 is 40.9. The molecule has 2 fully saturated rings. The van der Waals surface area contributed by atoms with Gasteiger partial charge in [-0.05, 0) is 24.7 Å². The fourth-order valence-corrected chi connectivity index (χ4v) is 4.18. The average Bonchev–Trinajstić information content (AvgIpc) is 3.10. The van der Waals surface area contributed by atoms with Gasteiger partial charge in [0.15, 0.2) is 5.69 Å². The third-order valence-electron chi connectivity index (χ3n) is 5.22. The lowest BCUT2D eigenvalue weighted by Crippen LogP contribution is -2.36. The van der Waals surface area contributed by atoms with Crippen molar-refractivity contribution in [2.45, 2.75) is 44.8 Å². The van der Waals surface area contributed by atoms with Crippen molar-refractivity contribution < 1.29 is 13.2 Å². The van der Waals surface area contributed by atoms with Gasteiger partial charge in [-0.25, -0.2) is 4.98 Å². The summed E-state index contributed by atoms with van der Waals surface area (Å²) >= 11 is 0. The molecular formula is C15H18F3N5. The first-order valence-corrected chi connectivity index (χ1v) is 8.00. The number of rotatable bonds is 1. The number of hydrogen-bond acceptors (Lipinski definition) is 4. The van der Waals surface area contributed by atoms with E-state index in [9.17, 15) is 13.2 Å². The van der Waals surface area contributed by atoms with Gasteiger partial charge in [0.25, 0.3) is 5.78 Å². The van der Waals surface area contributed by atoms with Crippen LogP contribution in [-0.2, 0) is 6.18 Å². The molecule has 3 heterocycles. The van der Waals surface area contributed by atoms with Crippen molar-refractivity contribution in [3.05, 3.63) is 18.1 Å². The fraction of sp³-hybridized carbons (Fsp3) is 0.667. The molecule has 0 spiro atoms. The van der Waals surface area contributed by atoms with Crippen LogP contribution in [0, 0.1) is 11.8 Å². The second kappa shape index (κ2) is 5.07. The van der Waals surface area contributed by atoms with Crippen LogP contribution in [-0.4, -0.2) is 32.2 Å². The van der Waals surface area contributed by atoms with Gasteiger partial charge in [0.1, 0.15) is 12.1 Å². The standard InChI is InChI=1S/C15H18F3N5/c1-9-7-22(11-5-3-2-4-10(9)11)13-6-12(15(16,17)18)21-14-19-8-20-23(13)14/h6,8-11H,2-5,7H2,1H3. The Kier molecular flexibility index (Phi) is 3.24. The molecule has 1 aliphatic heterocycles. The van der Waals surface area contributed by atoms with E-state index < -0.39 is 11.9 Å². The number of alkyl halides is 3. The van der Waals surface area contributed by atoms with E-state index in [-0.39, 0.29) is 11.8 Å². The largest absolute Gasteiger partial charge is 0.433 e. The highest BCUT2D eigenvalue weighted by molar-refractivity contribution is 5.50. The van der Waals surface area contributed by atoms with Gasteiger partial charge in [0.2, 0.25) is 0 Å². The molecule has 8 heteroatoms. The summed E-state index contributed by atoms with van der Waals surface area (Å²) in [5.74, 6) is 1.48. The van der Waals surface area contributed by atoms with E-state index in [1.54, 1.807) is 0 Å². The molecular weight excluding hydrogens is 307 g/mol. The van der Waals surface area contributed by atoms with Crippen LogP contribution < -0.4 is 4.90 Å². The van der Waals surface area contributed by atoms with Crippen molar-refractivity contribution in [1.29, 1.82) is 0 Å². The van der Waals surface area contributed by atoms with E-state index >= 15 is 0 Å². The minimum Gasteiger partial charge on any atom is -0.353 e. The number of aromatic nitrogens is 4. The van der Waals surface area contributed by atoms with E-state index in [0.717, 1.165) is 31.9 Å². The summed E-state index contributed by atoms with van der Waals surface area (Å²) in [7, 11) is 0. The molecule has 3 unspecified atom stereocenters. The second-order valence-corrected chi connectivity index (χ2v) is 6.61. The van der Waals surface area contributed by atoms with Crippen LogP contribution >= 0.6 is 0 Å². The molecule has 3 atom stereocenters. The van der Waals surface area contributed by atoms with Gasteiger partial charge >= 0.3 is 6.18 Å². The van der Waals surface area contributed by atoms with Gasteiger partial charge in [-0.2, -0.15) is 27.8 Å². The quantitative estimate of drug-likeness (QED) is 0.808. The average molecular weight is 325 g/mol.